The molecule has 1 heterocycles. The van der Waals surface area contributed by atoms with Crippen molar-refractivity contribution in [1.82, 2.24) is 10.6 Å². The van der Waals surface area contributed by atoms with E-state index in [4.69, 9.17) is 4.74 Å². The van der Waals surface area contributed by atoms with Gasteiger partial charge in [-0.25, -0.2) is 0 Å². The zero-order valence-electron chi connectivity index (χ0n) is 21.5. The number of allylic oxidation sites excluding steroid dienone is 2. The minimum Gasteiger partial charge on any atom is -0.463 e. The summed E-state index contributed by atoms with van der Waals surface area (Å²) in [6.07, 6.45) is 12.1. The average molecular weight is 499 g/mol. The van der Waals surface area contributed by atoms with Crippen LogP contribution in [0.15, 0.2) is 42.5 Å². The Hall–Kier alpha value is -2.67. The lowest BCUT2D eigenvalue weighted by Crippen LogP contribution is -2.45. The van der Waals surface area contributed by atoms with E-state index < -0.39 is 5.92 Å². The Morgan fingerprint density at radius 3 is 2.47 bits per heavy atom. The molecule has 0 aromatic heterocycles. The molecule has 0 saturated heterocycles. The predicted octanol–water partition coefficient (Wildman–Crippen LogP) is 3.70. The van der Waals surface area contributed by atoms with Gasteiger partial charge >= 0.3 is 5.97 Å². The third-order valence-corrected chi connectivity index (χ3v) is 7.27. The lowest BCUT2D eigenvalue weighted by Gasteiger charge is -2.29. The van der Waals surface area contributed by atoms with Gasteiger partial charge < -0.3 is 20.5 Å². The number of carbonyl (C=O) groups excluding carboxylic acids is 3. The van der Waals surface area contributed by atoms with E-state index in [1.54, 1.807) is 6.92 Å². The van der Waals surface area contributed by atoms with Crippen molar-refractivity contribution in [2.24, 2.45) is 17.8 Å². The predicted molar refractivity (Wildman–Crippen MR) is 139 cm³/mol. The molecule has 4 atom stereocenters. The van der Waals surface area contributed by atoms with E-state index in [2.05, 4.69) is 10.6 Å². The topological polar surface area (TPSA) is 105 Å². The van der Waals surface area contributed by atoms with Crippen LogP contribution in [0.1, 0.15) is 70.3 Å². The van der Waals surface area contributed by atoms with Gasteiger partial charge in [0.25, 0.3) is 0 Å². The van der Waals surface area contributed by atoms with Gasteiger partial charge in [-0.05, 0) is 44.1 Å². The summed E-state index contributed by atoms with van der Waals surface area (Å²) in [4.78, 5) is 38.8. The van der Waals surface area contributed by atoms with Crippen molar-refractivity contribution in [3.8, 4) is 0 Å². The van der Waals surface area contributed by atoms with Gasteiger partial charge in [-0.1, -0.05) is 74.6 Å². The molecular formula is C29H42N2O5. The maximum Gasteiger partial charge on any atom is 0.309 e. The summed E-state index contributed by atoms with van der Waals surface area (Å²) in [6.45, 7) is 1.72. The molecule has 2 amide bonds. The van der Waals surface area contributed by atoms with E-state index >= 15 is 0 Å². The van der Waals surface area contributed by atoms with Gasteiger partial charge in [0.2, 0.25) is 11.8 Å². The molecule has 2 aliphatic rings. The molecule has 4 unspecified atom stereocenters. The van der Waals surface area contributed by atoms with Crippen molar-refractivity contribution in [1.29, 1.82) is 0 Å². The fraction of sp³-hybridized carbons (Fsp3) is 0.621. The number of amides is 2. The van der Waals surface area contributed by atoms with Crippen LogP contribution >= 0.6 is 0 Å². The molecule has 1 fully saturated rings. The lowest BCUT2D eigenvalue weighted by molar-refractivity contribution is -0.150. The average Bonchev–Trinajstić information content (AvgIpc) is 2.88. The van der Waals surface area contributed by atoms with Crippen LogP contribution < -0.4 is 10.6 Å². The normalized spacial score (nSPS) is 25.1. The lowest BCUT2D eigenvalue weighted by atomic mass is 9.84. The molecular weight excluding hydrogens is 456 g/mol. The second-order valence-corrected chi connectivity index (χ2v) is 10.5. The van der Waals surface area contributed by atoms with Crippen LogP contribution in [0.2, 0.25) is 0 Å². The summed E-state index contributed by atoms with van der Waals surface area (Å²) in [7, 11) is 0. The molecule has 1 saturated carbocycles. The molecule has 1 aliphatic carbocycles. The molecule has 1 aromatic carbocycles. The van der Waals surface area contributed by atoms with E-state index in [1.807, 2.05) is 42.5 Å². The first-order valence-electron chi connectivity index (χ1n) is 13.5. The Labute approximate surface area is 215 Å². The summed E-state index contributed by atoms with van der Waals surface area (Å²) in [5, 5.41) is 15.1. The molecule has 0 spiro atoms. The highest BCUT2D eigenvalue weighted by atomic mass is 16.5. The number of hydrogen-bond acceptors (Lipinski definition) is 5. The van der Waals surface area contributed by atoms with Gasteiger partial charge in [0, 0.05) is 12.5 Å². The second kappa shape index (κ2) is 14.8. The first-order chi connectivity index (χ1) is 17.4. The highest BCUT2D eigenvalue weighted by Gasteiger charge is 2.28. The van der Waals surface area contributed by atoms with Crippen molar-refractivity contribution < 1.29 is 24.2 Å². The van der Waals surface area contributed by atoms with Gasteiger partial charge in [-0.3, -0.25) is 14.4 Å². The van der Waals surface area contributed by atoms with Gasteiger partial charge in [-0.15, -0.1) is 0 Å². The van der Waals surface area contributed by atoms with Crippen molar-refractivity contribution in [3.63, 3.8) is 0 Å². The number of aliphatic hydroxyl groups is 1. The Morgan fingerprint density at radius 2 is 1.78 bits per heavy atom. The molecule has 7 heteroatoms. The molecule has 198 valence electrons. The number of ether oxygens (including phenoxy) is 1. The Kier molecular flexibility index (Phi) is 11.5. The number of esters is 1. The number of cyclic esters (lactones) is 1. The fourth-order valence-electron chi connectivity index (χ4n) is 5.18. The van der Waals surface area contributed by atoms with Crippen LogP contribution in [0, 0.1) is 17.8 Å². The SMILES string of the molecule is CC(CO)NC(=O)CC1CC=CCC(Cc2ccccc2)C(=O)OCC(CC2CCCCC2)NC1=O. The van der Waals surface area contributed by atoms with Crippen LogP contribution in [0.25, 0.3) is 0 Å². The maximum absolute atomic E-state index is 13.2. The van der Waals surface area contributed by atoms with Crippen molar-refractivity contribution in [2.45, 2.75) is 83.2 Å². The highest BCUT2D eigenvalue weighted by molar-refractivity contribution is 5.86. The monoisotopic (exact) mass is 498 g/mol. The van der Waals surface area contributed by atoms with Crippen LogP contribution in [-0.4, -0.2) is 48.2 Å². The first-order valence-corrected chi connectivity index (χ1v) is 13.5. The minimum atomic E-state index is -0.524. The summed E-state index contributed by atoms with van der Waals surface area (Å²) >= 11 is 0. The summed E-state index contributed by atoms with van der Waals surface area (Å²) < 4.78 is 5.79. The number of benzene rings is 1. The zero-order valence-corrected chi connectivity index (χ0v) is 21.5. The molecule has 0 radical (unpaired) electrons. The van der Waals surface area contributed by atoms with E-state index in [1.165, 1.54) is 19.3 Å². The fourth-order valence-corrected chi connectivity index (χ4v) is 5.18. The molecule has 1 aromatic rings. The van der Waals surface area contributed by atoms with Crippen LogP contribution in [0.5, 0.6) is 0 Å². The molecule has 1 aliphatic heterocycles. The highest BCUT2D eigenvalue weighted by Crippen LogP contribution is 2.28. The molecule has 36 heavy (non-hydrogen) atoms. The largest absolute Gasteiger partial charge is 0.463 e. The number of nitrogens with one attached hydrogen (secondary N) is 2. The number of hydrogen-bond donors (Lipinski definition) is 3. The second-order valence-electron chi connectivity index (χ2n) is 10.5. The van der Waals surface area contributed by atoms with Gasteiger partial charge in [0.05, 0.1) is 24.5 Å². The van der Waals surface area contributed by atoms with E-state index in [9.17, 15) is 19.5 Å². The van der Waals surface area contributed by atoms with Crippen molar-refractivity contribution in [2.75, 3.05) is 13.2 Å². The smallest absolute Gasteiger partial charge is 0.309 e. The number of rotatable bonds is 8. The third-order valence-electron chi connectivity index (χ3n) is 7.27. The molecule has 0 bridgehead atoms. The Bertz CT molecular complexity index is 866. The Morgan fingerprint density at radius 1 is 1.08 bits per heavy atom. The van der Waals surface area contributed by atoms with Gasteiger partial charge in [-0.2, -0.15) is 0 Å². The van der Waals surface area contributed by atoms with Crippen molar-refractivity contribution in [3.05, 3.63) is 48.0 Å². The third kappa shape index (κ3) is 9.41. The van der Waals surface area contributed by atoms with E-state index in [-0.39, 0.29) is 55.4 Å². The van der Waals surface area contributed by atoms with Crippen LogP contribution in [0.3, 0.4) is 0 Å². The van der Waals surface area contributed by atoms with Gasteiger partial charge in [0.1, 0.15) is 6.61 Å². The zero-order chi connectivity index (χ0) is 25.8. The summed E-state index contributed by atoms with van der Waals surface area (Å²) in [6, 6.07) is 9.29. The van der Waals surface area contributed by atoms with Crippen LogP contribution in [0.4, 0.5) is 0 Å². The summed E-state index contributed by atoms with van der Waals surface area (Å²) in [5.74, 6) is -1.01. The number of carbonyl (C=O) groups is 3. The van der Waals surface area contributed by atoms with Crippen LogP contribution in [-0.2, 0) is 25.5 Å². The number of aliphatic hydroxyl groups excluding tert-OH is 1. The van der Waals surface area contributed by atoms with Crippen molar-refractivity contribution >= 4 is 17.8 Å². The molecule has 7 nitrogen and oxygen atoms in total. The molecule has 3 N–H and O–H groups in total. The first kappa shape index (κ1) is 27.9. The minimum absolute atomic E-state index is 0.0455. The Balaban J connectivity index is 1.75. The molecule has 3 rings (SSSR count). The summed E-state index contributed by atoms with van der Waals surface area (Å²) in [5.41, 5.74) is 1.08. The van der Waals surface area contributed by atoms with E-state index in [0.717, 1.165) is 24.8 Å². The van der Waals surface area contributed by atoms with Gasteiger partial charge in [0.15, 0.2) is 0 Å². The quantitative estimate of drug-likeness (QED) is 0.375. The maximum atomic E-state index is 13.2. The standard InChI is InChI=1S/C29H42N2O5/c1-21(19-32)30-27(33)18-24-14-8-9-15-25(16-22-10-4-2-5-11-22)29(35)36-20-26(31-28(24)34)17-23-12-6-3-7-13-23/h2,4-5,8-11,21,23-26,32H,3,6-7,12-20H2,1H3,(H,30,33)(H,31,34). The van der Waals surface area contributed by atoms with E-state index in [0.29, 0.717) is 25.2 Å².